The maximum atomic E-state index is 13.0. The maximum absolute atomic E-state index is 13.0. The molecule has 0 radical (unpaired) electrons. The van der Waals surface area contributed by atoms with Gasteiger partial charge in [-0.25, -0.2) is 17.9 Å². The number of benzene rings is 3. The van der Waals surface area contributed by atoms with E-state index in [-0.39, 0.29) is 22.4 Å². The Bertz CT molecular complexity index is 1740. The van der Waals surface area contributed by atoms with E-state index in [1.165, 1.54) is 13.2 Å². The number of hydrogen-bond acceptors (Lipinski definition) is 6. The molecule has 1 fully saturated rings. The number of urea groups is 1. The van der Waals surface area contributed by atoms with Crippen LogP contribution >= 0.6 is 0 Å². The van der Waals surface area contributed by atoms with Gasteiger partial charge >= 0.3 is 6.03 Å². The Labute approximate surface area is 251 Å². The largest absolute Gasteiger partial charge is 0.496 e. The molecule has 10 nitrogen and oxygen atoms in total. The van der Waals surface area contributed by atoms with Crippen LogP contribution in [0.1, 0.15) is 45.5 Å². The molecular formula is C32H36N4O6S. The SMILES string of the molecule is COc1cc(C(=O)NS(=O)(=O)c2ccccc2C)ccc1C(C)c1c[nH]c2ccc(CCNC(=O)N3CCOCC3)cc12. The Morgan fingerprint density at radius 1 is 1.05 bits per heavy atom. The molecule has 1 atom stereocenters. The molecule has 0 aliphatic carbocycles. The van der Waals surface area contributed by atoms with E-state index in [1.807, 2.05) is 18.3 Å². The highest BCUT2D eigenvalue weighted by atomic mass is 32.2. The number of aromatic nitrogens is 1. The summed E-state index contributed by atoms with van der Waals surface area (Å²) in [5, 5.41) is 4.05. The first-order chi connectivity index (χ1) is 20.7. The number of ether oxygens (including phenoxy) is 2. The summed E-state index contributed by atoms with van der Waals surface area (Å²) < 4.78 is 38.8. The van der Waals surface area contributed by atoms with E-state index in [4.69, 9.17) is 9.47 Å². The number of rotatable bonds is 9. The minimum atomic E-state index is -4.04. The topological polar surface area (TPSA) is 130 Å². The second-order valence-electron chi connectivity index (χ2n) is 10.6. The number of amides is 3. The molecular weight excluding hydrogens is 568 g/mol. The summed E-state index contributed by atoms with van der Waals surface area (Å²) >= 11 is 0. The van der Waals surface area contributed by atoms with Gasteiger partial charge in [-0.2, -0.15) is 0 Å². The average Bonchev–Trinajstić information content (AvgIpc) is 3.44. The molecule has 4 aromatic rings. The third-order valence-electron chi connectivity index (χ3n) is 7.81. The van der Waals surface area contributed by atoms with Gasteiger partial charge in [0.05, 0.1) is 25.2 Å². The number of aryl methyl sites for hydroxylation is 1. The third kappa shape index (κ3) is 6.68. The van der Waals surface area contributed by atoms with Crippen LogP contribution < -0.4 is 14.8 Å². The Hall–Kier alpha value is -4.35. The lowest BCUT2D eigenvalue weighted by Gasteiger charge is -2.26. The Morgan fingerprint density at radius 3 is 2.56 bits per heavy atom. The predicted molar refractivity (Wildman–Crippen MR) is 164 cm³/mol. The first kappa shape index (κ1) is 30.1. The molecule has 2 heterocycles. The number of nitrogens with zero attached hydrogens (tertiary/aromatic N) is 1. The highest BCUT2D eigenvalue weighted by molar-refractivity contribution is 7.90. The highest BCUT2D eigenvalue weighted by Gasteiger charge is 2.23. The second kappa shape index (κ2) is 12.9. The molecule has 1 aliphatic heterocycles. The van der Waals surface area contributed by atoms with Gasteiger partial charge in [0, 0.05) is 53.8 Å². The summed E-state index contributed by atoms with van der Waals surface area (Å²) in [4.78, 5) is 30.5. The van der Waals surface area contributed by atoms with E-state index in [1.54, 1.807) is 48.2 Å². The summed E-state index contributed by atoms with van der Waals surface area (Å²) in [6.45, 7) is 6.58. The molecule has 11 heteroatoms. The first-order valence-electron chi connectivity index (χ1n) is 14.2. The van der Waals surface area contributed by atoms with E-state index in [0.29, 0.717) is 50.6 Å². The fourth-order valence-electron chi connectivity index (χ4n) is 5.37. The summed E-state index contributed by atoms with van der Waals surface area (Å²) in [7, 11) is -2.52. The lowest BCUT2D eigenvalue weighted by molar-refractivity contribution is 0.0533. The van der Waals surface area contributed by atoms with E-state index in [9.17, 15) is 18.0 Å². The number of carbonyl (C=O) groups is 2. The van der Waals surface area contributed by atoms with Crippen molar-refractivity contribution in [2.45, 2.75) is 31.1 Å². The van der Waals surface area contributed by atoms with Gasteiger partial charge in [-0.05, 0) is 60.4 Å². The van der Waals surface area contributed by atoms with Crippen LogP contribution in [-0.2, 0) is 21.2 Å². The van der Waals surface area contributed by atoms with Crippen molar-refractivity contribution in [3.63, 3.8) is 0 Å². The van der Waals surface area contributed by atoms with E-state index >= 15 is 0 Å². The molecule has 1 aliphatic rings. The van der Waals surface area contributed by atoms with Gasteiger partial charge in [0.2, 0.25) is 0 Å². The fourth-order valence-corrected chi connectivity index (χ4v) is 6.59. The van der Waals surface area contributed by atoms with Crippen LogP contribution in [0, 0.1) is 6.92 Å². The molecule has 1 unspecified atom stereocenters. The van der Waals surface area contributed by atoms with Crippen LogP contribution in [0.4, 0.5) is 4.79 Å². The Balaban J connectivity index is 1.31. The minimum Gasteiger partial charge on any atom is -0.496 e. The standard InChI is InChI=1S/C32H36N4O6S/c1-21-6-4-5-7-30(21)43(39,40)35-31(37)24-9-10-25(29(19-24)41-3)22(2)27-20-34-28-11-8-23(18-26(27)28)12-13-33-32(38)36-14-16-42-17-15-36/h4-11,18-20,22,34H,12-17H2,1-3H3,(H,33,38)(H,35,37). The minimum absolute atomic E-state index is 0.0544. The van der Waals surface area contributed by atoms with Crippen molar-refractivity contribution in [3.8, 4) is 5.75 Å². The van der Waals surface area contributed by atoms with Crippen LogP contribution in [0.5, 0.6) is 5.75 Å². The summed E-state index contributed by atoms with van der Waals surface area (Å²) in [6.07, 6.45) is 2.65. The molecule has 0 spiro atoms. The normalized spacial score (nSPS) is 14.3. The van der Waals surface area contributed by atoms with Crippen molar-refractivity contribution in [3.05, 3.63) is 94.7 Å². The van der Waals surface area contributed by atoms with Crippen molar-refractivity contribution >= 4 is 32.9 Å². The molecule has 5 rings (SSSR count). The number of H-pyrrole nitrogens is 1. The Morgan fingerprint density at radius 2 is 1.81 bits per heavy atom. The van der Waals surface area contributed by atoms with Gasteiger partial charge < -0.3 is 24.7 Å². The van der Waals surface area contributed by atoms with Crippen molar-refractivity contribution in [2.24, 2.45) is 0 Å². The quantitative estimate of drug-likeness (QED) is 0.261. The zero-order chi connectivity index (χ0) is 30.6. The first-order valence-corrected chi connectivity index (χ1v) is 15.7. The van der Waals surface area contributed by atoms with E-state index < -0.39 is 15.9 Å². The molecule has 0 bridgehead atoms. The molecule has 3 N–H and O–H groups in total. The van der Waals surface area contributed by atoms with Crippen LogP contribution in [0.15, 0.2) is 71.8 Å². The monoisotopic (exact) mass is 604 g/mol. The smallest absolute Gasteiger partial charge is 0.317 e. The number of sulfonamides is 1. The summed E-state index contributed by atoms with van der Waals surface area (Å²) in [6, 6.07) is 17.6. The molecule has 3 aromatic carbocycles. The fraction of sp³-hybridized carbons (Fsp3) is 0.312. The number of nitrogens with one attached hydrogen (secondary N) is 3. The lowest BCUT2D eigenvalue weighted by atomic mass is 9.90. The molecule has 1 aromatic heterocycles. The Kier molecular flexibility index (Phi) is 9.02. The van der Waals surface area contributed by atoms with Crippen molar-refractivity contribution in [2.75, 3.05) is 40.0 Å². The third-order valence-corrected chi connectivity index (χ3v) is 9.30. The molecule has 0 saturated carbocycles. The van der Waals surface area contributed by atoms with Crippen LogP contribution in [-0.4, -0.2) is 70.2 Å². The van der Waals surface area contributed by atoms with E-state index in [0.717, 1.165) is 27.6 Å². The predicted octanol–water partition coefficient (Wildman–Crippen LogP) is 4.34. The zero-order valence-electron chi connectivity index (χ0n) is 24.5. The second-order valence-corrected chi connectivity index (χ2v) is 12.2. The molecule has 226 valence electrons. The molecule has 1 saturated heterocycles. The van der Waals surface area contributed by atoms with Crippen LogP contribution in [0.3, 0.4) is 0 Å². The van der Waals surface area contributed by atoms with Crippen LogP contribution in [0.2, 0.25) is 0 Å². The summed E-state index contributed by atoms with van der Waals surface area (Å²) in [5.74, 6) is -0.365. The van der Waals surface area contributed by atoms with Crippen molar-refractivity contribution in [1.82, 2.24) is 19.9 Å². The van der Waals surface area contributed by atoms with Crippen LogP contribution in [0.25, 0.3) is 10.9 Å². The van der Waals surface area contributed by atoms with Gasteiger partial charge in [0.15, 0.2) is 0 Å². The maximum Gasteiger partial charge on any atom is 0.317 e. The van der Waals surface area contributed by atoms with Gasteiger partial charge in [0.1, 0.15) is 5.75 Å². The highest BCUT2D eigenvalue weighted by Crippen LogP contribution is 2.36. The number of carbonyl (C=O) groups excluding carboxylic acids is 2. The van der Waals surface area contributed by atoms with Gasteiger partial charge in [-0.1, -0.05) is 37.3 Å². The molecule has 43 heavy (non-hydrogen) atoms. The lowest BCUT2D eigenvalue weighted by Crippen LogP contribution is -2.46. The number of methoxy groups -OCH3 is 1. The number of morpholine rings is 1. The molecule has 3 amide bonds. The van der Waals surface area contributed by atoms with Gasteiger partial charge in [-0.3, -0.25) is 4.79 Å². The zero-order valence-corrected chi connectivity index (χ0v) is 25.3. The van der Waals surface area contributed by atoms with Crippen molar-refractivity contribution < 1.29 is 27.5 Å². The average molecular weight is 605 g/mol. The van der Waals surface area contributed by atoms with Crippen molar-refractivity contribution in [1.29, 1.82) is 0 Å². The number of aromatic amines is 1. The summed E-state index contributed by atoms with van der Waals surface area (Å²) in [5.41, 5.74) is 4.70. The number of fused-ring (bicyclic) bond motifs is 1. The van der Waals surface area contributed by atoms with Gasteiger partial charge in [-0.15, -0.1) is 0 Å². The van der Waals surface area contributed by atoms with Gasteiger partial charge in [0.25, 0.3) is 15.9 Å². The van der Waals surface area contributed by atoms with E-state index in [2.05, 4.69) is 28.0 Å². The number of hydrogen-bond donors (Lipinski definition) is 3.